The molecule has 3 aromatic rings. The zero-order valence-electron chi connectivity index (χ0n) is 29.5. The number of carbonyl (C=O) groups is 1. The number of halogens is 3. The first-order valence-corrected chi connectivity index (χ1v) is 19.7. The highest BCUT2D eigenvalue weighted by Crippen LogP contribution is 2.45. The van der Waals surface area contributed by atoms with Gasteiger partial charge in [-0.1, -0.05) is 75.6 Å². The van der Waals surface area contributed by atoms with Crippen LogP contribution in [-0.4, -0.2) is 48.3 Å². The maximum Gasteiger partial charge on any atom is 0.416 e. The number of aromatic amines is 1. The molecule has 0 unspecified atom stereocenters. The summed E-state index contributed by atoms with van der Waals surface area (Å²) in [5.41, 5.74) is -0.193. The molecule has 0 atom stereocenters. The van der Waals surface area contributed by atoms with E-state index in [1.807, 2.05) is 44.2 Å². The predicted molar refractivity (Wildman–Crippen MR) is 185 cm³/mol. The molecule has 1 heterocycles. The van der Waals surface area contributed by atoms with Crippen LogP contribution in [0.15, 0.2) is 53.3 Å². The molecule has 1 saturated carbocycles. The highest BCUT2D eigenvalue weighted by atomic mass is 28.4. The summed E-state index contributed by atoms with van der Waals surface area (Å²) in [7, 11) is -2.08. The van der Waals surface area contributed by atoms with Gasteiger partial charge in [-0.25, -0.2) is 4.98 Å². The quantitative estimate of drug-likeness (QED) is 0.193. The standard InChI is InChI=1S/C37H50F3N3O4Si/c1-25(2)43(18-19-47-48(7,8)35(4,5)6)34(45)31-32(46-24-27-14-10-9-11-15-27)33(44)42-30(41-31)23-36(16-12-13-17-36)28-20-26(3)21-29(22-28)37(38,39)40/h9-11,14-15,20-22,25H,12-13,16-19,23-24H2,1-8H3,(H,41,42,44). The number of carbonyl (C=O) groups excluding carboxylic acids is 1. The van der Waals surface area contributed by atoms with E-state index in [0.29, 0.717) is 37.1 Å². The van der Waals surface area contributed by atoms with Crippen molar-refractivity contribution in [2.24, 2.45) is 0 Å². The van der Waals surface area contributed by atoms with Crippen LogP contribution in [0.4, 0.5) is 13.2 Å². The SMILES string of the molecule is Cc1cc(C(F)(F)F)cc(C2(Cc3nc(C(=O)N(CCO[Si](C)(C)C(C)(C)C)C(C)C)c(OCc4ccccc4)c(=O)[nH]3)CCCC2)c1. The Bertz CT molecular complexity index is 1630. The van der Waals surface area contributed by atoms with E-state index in [1.165, 1.54) is 6.07 Å². The molecule has 1 aliphatic rings. The molecule has 0 aliphatic heterocycles. The first-order valence-electron chi connectivity index (χ1n) is 16.8. The summed E-state index contributed by atoms with van der Waals surface area (Å²) in [5, 5.41) is -0.00431. The zero-order valence-corrected chi connectivity index (χ0v) is 30.5. The molecule has 1 amide bonds. The Morgan fingerprint density at radius 3 is 2.29 bits per heavy atom. The van der Waals surface area contributed by atoms with Gasteiger partial charge in [-0.05, 0) is 75.0 Å². The number of benzene rings is 2. The summed E-state index contributed by atoms with van der Waals surface area (Å²) in [6, 6.07) is 13.2. The fraction of sp³-hybridized carbons (Fsp3) is 0.541. The number of nitrogens with zero attached hydrogens (tertiary/aromatic N) is 2. The number of nitrogens with one attached hydrogen (secondary N) is 1. The normalized spacial score (nSPS) is 15.2. The number of H-pyrrole nitrogens is 1. The Morgan fingerprint density at radius 2 is 1.71 bits per heavy atom. The molecule has 1 aliphatic carbocycles. The third kappa shape index (κ3) is 8.77. The molecule has 2 aromatic carbocycles. The first-order chi connectivity index (χ1) is 22.3. The van der Waals surface area contributed by atoms with Crippen molar-refractivity contribution in [3.8, 4) is 5.75 Å². The van der Waals surface area contributed by atoms with Crippen LogP contribution in [0.1, 0.15) is 98.9 Å². The molecule has 0 spiro atoms. The molecule has 1 aromatic heterocycles. The van der Waals surface area contributed by atoms with Gasteiger partial charge in [0, 0.05) is 24.4 Å². The van der Waals surface area contributed by atoms with Gasteiger partial charge >= 0.3 is 6.18 Å². The van der Waals surface area contributed by atoms with Crippen molar-refractivity contribution < 1.29 is 27.1 Å². The maximum absolute atomic E-state index is 14.3. The topological polar surface area (TPSA) is 84.5 Å². The summed E-state index contributed by atoms with van der Waals surface area (Å²) >= 11 is 0. The summed E-state index contributed by atoms with van der Waals surface area (Å²) in [4.78, 5) is 37.3. The lowest BCUT2D eigenvalue weighted by molar-refractivity contribution is -0.137. The molecule has 0 saturated heterocycles. The molecule has 1 N–H and O–H groups in total. The molecule has 262 valence electrons. The van der Waals surface area contributed by atoms with Gasteiger partial charge < -0.3 is 19.0 Å². The van der Waals surface area contributed by atoms with E-state index in [1.54, 1.807) is 17.9 Å². The van der Waals surface area contributed by atoms with Crippen LogP contribution in [0.5, 0.6) is 5.75 Å². The van der Waals surface area contributed by atoms with Gasteiger partial charge in [-0.2, -0.15) is 13.2 Å². The highest BCUT2D eigenvalue weighted by molar-refractivity contribution is 6.74. The van der Waals surface area contributed by atoms with E-state index in [2.05, 4.69) is 38.8 Å². The summed E-state index contributed by atoms with van der Waals surface area (Å²) < 4.78 is 53.9. The summed E-state index contributed by atoms with van der Waals surface area (Å²) in [6.07, 6.45) is -1.37. The average molecular weight is 686 g/mol. The van der Waals surface area contributed by atoms with Gasteiger partial charge in [-0.3, -0.25) is 9.59 Å². The van der Waals surface area contributed by atoms with Gasteiger partial charge in [-0.15, -0.1) is 0 Å². The molecule has 0 bridgehead atoms. The van der Waals surface area contributed by atoms with E-state index in [9.17, 15) is 22.8 Å². The Hall–Kier alpha value is -3.44. The van der Waals surface area contributed by atoms with Crippen molar-refractivity contribution >= 4 is 14.2 Å². The van der Waals surface area contributed by atoms with Crippen molar-refractivity contribution in [1.82, 2.24) is 14.9 Å². The third-order valence-corrected chi connectivity index (χ3v) is 14.5. The summed E-state index contributed by atoms with van der Waals surface area (Å²) in [6.45, 7) is 16.9. The zero-order chi connectivity index (χ0) is 35.5. The van der Waals surface area contributed by atoms with Gasteiger partial charge in [0.15, 0.2) is 14.0 Å². The Kier molecular flexibility index (Phi) is 11.4. The molecule has 1 fully saturated rings. The monoisotopic (exact) mass is 685 g/mol. The van der Waals surface area contributed by atoms with E-state index in [4.69, 9.17) is 14.1 Å². The first kappa shape index (κ1) is 37.4. The maximum atomic E-state index is 14.3. The second-order valence-corrected chi connectivity index (χ2v) is 19.7. The number of hydrogen-bond donors (Lipinski definition) is 1. The summed E-state index contributed by atoms with van der Waals surface area (Å²) in [5.74, 6) is -0.401. The van der Waals surface area contributed by atoms with Gasteiger partial charge in [0.05, 0.1) is 12.2 Å². The minimum atomic E-state index is -4.49. The van der Waals surface area contributed by atoms with Crippen molar-refractivity contribution in [3.05, 3.63) is 92.7 Å². The van der Waals surface area contributed by atoms with E-state index < -0.39 is 36.9 Å². The fourth-order valence-corrected chi connectivity index (χ4v) is 7.17. The lowest BCUT2D eigenvalue weighted by atomic mass is 9.75. The lowest BCUT2D eigenvalue weighted by Gasteiger charge is -2.37. The van der Waals surface area contributed by atoms with Crippen LogP contribution in [0.2, 0.25) is 18.1 Å². The van der Waals surface area contributed by atoms with Crippen LogP contribution >= 0.6 is 0 Å². The van der Waals surface area contributed by atoms with E-state index in [-0.39, 0.29) is 41.4 Å². The number of ether oxygens (including phenoxy) is 1. The van der Waals surface area contributed by atoms with E-state index >= 15 is 0 Å². The van der Waals surface area contributed by atoms with Gasteiger partial charge in [0.1, 0.15) is 12.4 Å². The minimum Gasteiger partial charge on any atom is -0.481 e. The number of alkyl halides is 3. The lowest BCUT2D eigenvalue weighted by Crippen LogP contribution is -2.45. The second kappa shape index (κ2) is 14.6. The molecule has 4 rings (SSSR count). The number of rotatable bonds is 12. The van der Waals surface area contributed by atoms with Crippen molar-refractivity contribution in [2.45, 2.75) is 116 Å². The molecule has 48 heavy (non-hydrogen) atoms. The molecule has 7 nitrogen and oxygen atoms in total. The number of amides is 1. The largest absolute Gasteiger partial charge is 0.481 e. The Balaban J connectivity index is 1.74. The van der Waals surface area contributed by atoms with Gasteiger partial charge in [0.2, 0.25) is 5.75 Å². The molecular formula is C37H50F3N3O4Si. The smallest absolute Gasteiger partial charge is 0.416 e. The minimum absolute atomic E-state index is 0.00431. The molecule has 0 radical (unpaired) electrons. The van der Waals surface area contributed by atoms with Crippen LogP contribution in [0.25, 0.3) is 0 Å². The highest BCUT2D eigenvalue weighted by Gasteiger charge is 2.40. The molecular weight excluding hydrogens is 636 g/mol. The number of aromatic nitrogens is 2. The van der Waals surface area contributed by atoms with Gasteiger partial charge in [0.25, 0.3) is 11.5 Å². The second-order valence-electron chi connectivity index (χ2n) is 14.9. The molecule has 11 heteroatoms. The van der Waals surface area contributed by atoms with Crippen molar-refractivity contribution in [2.75, 3.05) is 13.2 Å². The van der Waals surface area contributed by atoms with Crippen molar-refractivity contribution in [3.63, 3.8) is 0 Å². The Labute approximate surface area is 283 Å². The van der Waals surface area contributed by atoms with Crippen LogP contribution in [-0.2, 0) is 29.0 Å². The third-order valence-electron chi connectivity index (χ3n) is 9.92. The van der Waals surface area contributed by atoms with Crippen LogP contribution < -0.4 is 10.3 Å². The van der Waals surface area contributed by atoms with E-state index in [0.717, 1.165) is 24.5 Å². The average Bonchev–Trinajstić information content (AvgIpc) is 3.47. The number of hydrogen-bond acceptors (Lipinski definition) is 5. The number of aryl methyl sites for hydroxylation is 1. The fourth-order valence-electron chi connectivity index (χ4n) is 6.14. The Morgan fingerprint density at radius 1 is 1.06 bits per heavy atom. The van der Waals surface area contributed by atoms with Crippen molar-refractivity contribution in [1.29, 1.82) is 0 Å². The predicted octanol–water partition coefficient (Wildman–Crippen LogP) is 8.60. The van der Waals surface area contributed by atoms with Crippen LogP contribution in [0, 0.1) is 6.92 Å². The van der Waals surface area contributed by atoms with Crippen LogP contribution in [0.3, 0.4) is 0 Å².